The molecule has 37 heavy (non-hydrogen) atoms. The monoisotopic (exact) mass is 522 g/mol. The van der Waals surface area contributed by atoms with E-state index in [0.717, 1.165) is 45.3 Å². The lowest BCUT2D eigenvalue weighted by molar-refractivity contribution is -0.138. The van der Waals surface area contributed by atoms with Crippen molar-refractivity contribution in [3.05, 3.63) is 94.9 Å². The maximum Gasteiger partial charge on any atom is 0.416 e. The Labute approximate surface area is 214 Å². The van der Waals surface area contributed by atoms with Gasteiger partial charge in [0.05, 0.1) is 16.6 Å². The van der Waals surface area contributed by atoms with E-state index < -0.39 is 23.8 Å². The zero-order valence-electron chi connectivity index (χ0n) is 19.8. The van der Waals surface area contributed by atoms with E-state index in [9.17, 15) is 18.0 Å². The van der Waals surface area contributed by atoms with E-state index >= 15 is 0 Å². The zero-order valence-corrected chi connectivity index (χ0v) is 20.6. The third-order valence-corrected chi connectivity index (χ3v) is 7.06. The number of hydrogen-bond donors (Lipinski definition) is 1. The molecule has 0 aliphatic rings. The van der Waals surface area contributed by atoms with Gasteiger partial charge in [-0.2, -0.15) is 13.2 Å². The molecule has 0 radical (unpaired) electrons. The molecule has 1 unspecified atom stereocenters. The first-order valence-corrected chi connectivity index (χ1v) is 12.1. The van der Waals surface area contributed by atoms with Crippen LogP contribution in [0.15, 0.2) is 73.2 Å². The van der Waals surface area contributed by atoms with Crippen LogP contribution in [0.1, 0.15) is 39.5 Å². The van der Waals surface area contributed by atoms with E-state index in [-0.39, 0.29) is 16.2 Å². The van der Waals surface area contributed by atoms with Crippen molar-refractivity contribution in [3.8, 4) is 21.9 Å². The molecule has 5 aromatic rings. The number of pyridine rings is 1. The van der Waals surface area contributed by atoms with E-state index in [2.05, 4.69) is 9.97 Å². The molecule has 0 aliphatic heterocycles. The standard InChI is InChI=1S/C27H21F3N4O2S/c1-15-11-18(9-10-32-15)17-7-8-22-21(12-17)33-14-34(22)24-13-23(25(37-24)26(31)35)36-16(2)19-5-3-4-6-20(19)27(28,29)30/h3-14,16H,1-2H3,(H2,31,35). The van der Waals surface area contributed by atoms with Crippen LogP contribution in [0.4, 0.5) is 13.2 Å². The van der Waals surface area contributed by atoms with Crippen LogP contribution in [0.2, 0.25) is 0 Å². The molecule has 6 nitrogen and oxygen atoms in total. The molecule has 0 bridgehead atoms. The molecule has 0 fully saturated rings. The smallest absolute Gasteiger partial charge is 0.416 e. The number of carbonyl (C=O) groups is 1. The molecule has 1 atom stereocenters. The first-order chi connectivity index (χ1) is 17.6. The number of primary amides is 1. The highest BCUT2D eigenvalue weighted by atomic mass is 32.1. The second-order valence-electron chi connectivity index (χ2n) is 8.49. The van der Waals surface area contributed by atoms with Crippen LogP contribution >= 0.6 is 11.3 Å². The molecule has 0 spiro atoms. The molecule has 0 saturated heterocycles. The van der Waals surface area contributed by atoms with Crippen molar-refractivity contribution < 1.29 is 22.7 Å². The minimum Gasteiger partial charge on any atom is -0.484 e. The fourth-order valence-corrected chi connectivity index (χ4v) is 5.12. The molecule has 1 amide bonds. The number of fused-ring (bicyclic) bond motifs is 1. The summed E-state index contributed by atoms with van der Waals surface area (Å²) in [5.41, 5.74) is 9.17. The minimum absolute atomic E-state index is 0.0369. The fourth-order valence-electron chi connectivity index (χ4n) is 4.20. The van der Waals surface area contributed by atoms with Crippen molar-refractivity contribution in [2.24, 2.45) is 5.73 Å². The normalized spacial score (nSPS) is 12.6. The number of carbonyl (C=O) groups excluding carboxylic acids is 1. The summed E-state index contributed by atoms with van der Waals surface area (Å²) in [5.74, 6) is -0.620. The number of hydrogen-bond acceptors (Lipinski definition) is 5. The maximum absolute atomic E-state index is 13.5. The number of nitrogens with two attached hydrogens (primary N) is 1. The predicted octanol–water partition coefficient (Wildman–Crippen LogP) is 6.72. The molecular weight excluding hydrogens is 501 g/mol. The molecule has 3 heterocycles. The van der Waals surface area contributed by atoms with Gasteiger partial charge < -0.3 is 10.5 Å². The molecule has 0 saturated carbocycles. The summed E-state index contributed by atoms with van der Waals surface area (Å²) in [4.78, 5) is 21.0. The number of aromatic nitrogens is 3. The van der Waals surface area contributed by atoms with Crippen molar-refractivity contribution in [1.29, 1.82) is 0 Å². The molecular formula is C27H21F3N4O2S. The van der Waals surface area contributed by atoms with Crippen molar-refractivity contribution in [2.45, 2.75) is 26.1 Å². The summed E-state index contributed by atoms with van der Waals surface area (Å²) in [7, 11) is 0. The topological polar surface area (TPSA) is 83.0 Å². The second-order valence-corrected chi connectivity index (χ2v) is 9.52. The summed E-state index contributed by atoms with van der Waals surface area (Å²) in [6.45, 7) is 3.42. The van der Waals surface area contributed by atoms with Crippen LogP contribution < -0.4 is 10.5 Å². The van der Waals surface area contributed by atoms with Gasteiger partial charge in [-0.25, -0.2) is 4.98 Å². The van der Waals surface area contributed by atoms with Crippen LogP contribution in [0.25, 0.3) is 27.2 Å². The third-order valence-electron chi connectivity index (χ3n) is 5.93. The van der Waals surface area contributed by atoms with E-state index in [0.29, 0.717) is 5.00 Å². The highest BCUT2D eigenvalue weighted by molar-refractivity contribution is 7.16. The highest BCUT2D eigenvalue weighted by Crippen LogP contribution is 2.39. The van der Waals surface area contributed by atoms with Gasteiger partial charge in [-0.1, -0.05) is 24.3 Å². The van der Waals surface area contributed by atoms with Gasteiger partial charge in [0.15, 0.2) is 0 Å². The minimum atomic E-state index is -4.54. The van der Waals surface area contributed by atoms with Gasteiger partial charge in [0, 0.05) is 23.5 Å². The number of ether oxygens (including phenoxy) is 1. The lowest BCUT2D eigenvalue weighted by Gasteiger charge is -2.19. The summed E-state index contributed by atoms with van der Waals surface area (Å²) in [6.07, 6.45) is -2.15. The number of halogens is 3. The quantitative estimate of drug-likeness (QED) is 0.269. The largest absolute Gasteiger partial charge is 0.484 e. The maximum atomic E-state index is 13.5. The Hall–Kier alpha value is -4.18. The average Bonchev–Trinajstić information content (AvgIpc) is 3.47. The number of imidazole rings is 1. The van der Waals surface area contributed by atoms with E-state index in [1.165, 1.54) is 25.1 Å². The van der Waals surface area contributed by atoms with Crippen LogP contribution in [-0.2, 0) is 6.18 Å². The SMILES string of the molecule is Cc1cc(-c2ccc3c(c2)ncn3-c2cc(OC(C)c3ccccc3C(F)(F)F)c(C(N)=O)s2)ccn1. The summed E-state index contributed by atoms with van der Waals surface area (Å²) >= 11 is 1.08. The van der Waals surface area contributed by atoms with Gasteiger partial charge in [0.2, 0.25) is 0 Å². The Morgan fingerprint density at radius 3 is 2.54 bits per heavy atom. The molecule has 5 rings (SSSR count). The number of amides is 1. The Morgan fingerprint density at radius 2 is 1.81 bits per heavy atom. The Balaban J connectivity index is 1.50. The van der Waals surface area contributed by atoms with Crippen LogP contribution in [0, 0.1) is 6.92 Å². The number of aryl methyl sites for hydroxylation is 1. The Morgan fingerprint density at radius 1 is 1.05 bits per heavy atom. The predicted molar refractivity (Wildman–Crippen MR) is 136 cm³/mol. The fraction of sp³-hybridized carbons (Fsp3) is 0.148. The van der Waals surface area contributed by atoms with E-state index in [4.69, 9.17) is 10.5 Å². The van der Waals surface area contributed by atoms with E-state index in [1.54, 1.807) is 23.2 Å². The zero-order chi connectivity index (χ0) is 26.3. The first kappa shape index (κ1) is 24.5. The molecule has 0 aliphatic carbocycles. The van der Waals surface area contributed by atoms with Crippen molar-refractivity contribution in [3.63, 3.8) is 0 Å². The Bertz CT molecular complexity index is 1620. The lowest BCUT2D eigenvalue weighted by atomic mass is 10.0. The van der Waals surface area contributed by atoms with Gasteiger partial charge in [0.25, 0.3) is 5.91 Å². The van der Waals surface area contributed by atoms with Gasteiger partial charge >= 0.3 is 6.18 Å². The van der Waals surface area contributed by atoms with Crippen LogP contribution in [0.5, 0.6) is 5.75 Å². The van der Waals surface area contributed by atoms with Crippen molar-refractivity contribution in [1.82, 2.24) is 14.5 Å². The van der Waals surface area contributed by atoms with Crippen molar-refractivity contribution >= 4 is 28.3 Å². The van der Waals surface area contributed by atoms with Crippen molar-refractivity contribution in [2.75, 3.05) is 0 Å². The molecule has 10 heteroatoms. The Kier molecular flexibility index (Phi) is 6.20. The first-order valence-electron chi connectivity index (χ1n) is 11.3. The van der Waals surface area contributed by atoms with Gasteiger partial charge in [-0.3, -0.25) is 14.3 Å². The lowest BCUT2D eigenvalue weighted by Crippen LogP contribution is -2.15. The number of nitrogens with zero attached hydrogens (tertiary/aromatic N) is 3. The average molecular weight is 523 g/mol. The summed E-state index contributed by atoms with van der Waals surface area (Å²) in [5, 5.41) is 0.593. The van der Waals surface area contributed by atoms with Gasteiger partial charge in [-0.05, 0) is 55.3 Å². The highest BCUT2D eigenvalue weighted by Gasteiger charge is 2.35. The third kappa shape index (κ3) is 4.79. The van der Waals surface area contributed by atoms with E-state index in [1.807, 2.05) is 37.3 Å². The van der Waals surface area contributed by atoms with Crippen LogP contribution in [-0.4, -0.2) is 20.4 Å². The summed E-state index contributed by atoms with van der Waals surface area (Å²) < 4.78 is 48.2. The number of benzene rings is 2. The molecule has 188 valence electrons. The molecule has 3 aromatic heterocycles. The second kappa shape index (κ2) is 9.36. The number of thiophene rings is 1. The van der Waals surface area contributed by atoms with Gasteiger partial charge in [0.1, 0.15) is 28.1 Å². The van der Waals surface area contributed by atoms with Gasteiger partial charge in [-0.15, -0.1) is 11.3 Å². The van der Waals surface area contributed by atoms with Crippen LogP contribution in [0.3, 0.4) is 0 Å². The number of rotatable bonds is 6. The molecule has 2 N–H and O–H groups in total. The number of alkyl halides is 3. The summed E-state index contributed by atoms with van der Waals surface area (Å²) in [6, 6.07) is 16.5. The molecule has 2 aromatic carbocycles.